The van der Waals surface area contributed by atoms with E-state index in [1.54, 1.807) is 12.1 Å². The lowest BCUT2D eigenvalue weighted by atomic mass is 10.1. The Morgan fingerprint density at radius 2 is 2.29 bits per heavy atom. The maximum absolute atomic E-state index is 11.0. The van der Waals surface area contributed by atoms with E-state index in [1.807, 2.05) is 12.1 Å². The van der Waals surface area contributed by atoms with Gasteiger partial charge in [0.25, 0.3) is 0 Å². The molecule has 0 spiro atoms. The fourth-order valence-electron chi connectivity index (χ4n) is 1.55. The third-order valence-electron chi connectivity index (χ3n) is 2.19. The number of fused-ring (bicyclic) bond motifs is 1. The van der Waals surface area contributed by atoms with Gasteiger partial charge < -0.3 is 9.84 Å². The molecule has 2 rings (SSSR count). The predicted molar refractivity (Wildman–Crippen MR) is 50.3 cm³/mol. The first-order chi connectivity index (χ1) is 6.79. The first-order valence-electron chi connectivity index (χ1n) is 4.47. The number of benzene rings is 1. The van der Waals surface area contributed by atoms with Gasteiger partial charge in [0.05, 0.1) is 0 Å². The maximum Gasteiger partial charge on any atom is 0.325 e. The average molecular weight is 193 g/mol. The zero-order valence-electron chi connectivity index (χ0n) is 7.56. The molecule has 0 bridgehead atoms. The number of aliphatic carboxylic acids is 1. The third-order valence-corrected chi connectivity index (χ3v) is 2.19. The van der Waals surface area contributed by atoms with Gasteiger partial charge in [-0.25, -0.2) is 0 Å². The Balaban J connectivity index is 2.42. The predicted octanol–water partition coefficient (Wildman–Crippen LogP) is 0.794. The summed E-state index contributed by atoms with van der Waals surface area (Å²) in [7, 11) is 0. The molecule has 1 atom stereocenters. The standard InChI is InChI=1S/C10H11NO3/c12-10(13)9-7-3-1-2-4-8(7)14-6-5-11-9/h1-4,9,11H,5-6H2,(H,12,13)/t9-/m1/s1. The molecule has 0 aliphatic carbocycles. The Hall–Kier alpha value is -1.55. The van der Waals surface area contributed by atoms with E-state index in [0.29, 0.717) is 24.5 Å². The molecule has 74 valence electrons. The molecule has 1 aromatic carbocycles. The Kier molecular flexibility index (Phi) is 2.37. The highest BCUT2D eigenvalue weighted by atomic mass is 16.5. The van der Waals surface area contributed by atoms with Crippen LogP contribution in [0.2, 0.25) is 0 Å². The van der Waals surface area contributed by atoms with Crippen molar-refractivity contribution in [3.63, 3.8) is 0 Å². The zero-order chi connectivity index (χ0) is 9.97. The van der Waals surface area contributed by atoms with Gasteiger partial charge in [-0.05, 0) is 6.07 Å². The normalized spacial score (nSPS) is 20.4. The van der Waals surface area contributed by atoms with Gasteiger partial charge >= 0.3 is 5.97 Å². The number of rotatable bonds is 1. The molecule has 4 heteroatoms. The SMILES string of the molecule is O=C(O)[C@@H]1NCCOc2ccccc21. The van der Waals surface area contributed by atoms with Crippen LogP contribution in [0.5, 0.6) is 5.75 Å². The van der Waals surface area contributed by atoms with Crippen molar-refractivity contribution in [2.75, 3.05) is 13.2 Å². The van der Waals surface area contributed by atoms with Crippen molar-refractivity contribution in [2.45, 2.75) is 6.04 Å². The number of ether oxygens (including phenoxy) is 1. The second-order valence-electron chi connectivity index (χ2n) is 3.11. The minimum atomic E-state index is -0.872. The van der Waals surface area contributed by atoms with E-state index in [2.05, 4.69) is 5.32 Å². The molecule has 1 aliphatic rings. The highest BCUT2D eigenvalue weighted by Gasteiger charge is 2.24. The van der Waals surface area contributed by atoms with E-state index in [4.69, 9.17) is 9.84 Å². The molecule has 0 amide bonds. The van der Waals surface area contributed by atoms with Gasteiger partial charge in [-0.3, -0.25) is 10.1 Å². The fourth-order valence-corrected chi connectivity index (χ4v) is 1.55. The Morgan fingerprint density at radius 3 is 3.07 bits per heavy atom. The Labute approximate surface area is 81.5 Å². The summed E-state index contributed by atoms with van der Waals surface area (Å²) >= 11 is 0. The quantitative estimate of drug-likeness (QED) is 0.692. The summed E-state index contributed by atoms with van der Waals surface area (Å²) in [6.07, 6.45) is 0. The van der Waals surface area contributed by atoms with Crippen LogP contribution in [0, 0.1) is 0 Å². The van der Waals surface area contributed by atoms with Crippen molar-refractivity contribution in [2.24, 2.45) is 0 Å². The molecule has 2 N–H and O–H groups in total. The van der Waals surface area contributed by atoms with Gasteiger partial charge in [0.2, 0.25) is 0 Å². The molecule has 0 saturated carbocycles. The minimum Gasteiger partial charge on any atom is -0.492 e. The monoisotopic (exact) mass is 193 g/mol. The summed E-state index contributed by atoms with van der Waals surface area (Å²) in [5, 5.41) is 11.9. The first kappa shape index (κ1) is 9.02. The molecule has 0 saturated heterocycles. The molecule has 0 aromatic heterocycles. The van der Waals surface area contributed by atoms with E-state index >= 15 is 0 Å². The molecular weight excluding hydrogens is 182 g/mol. The van der Waals surface area contributed by atoms with E-state index in [0.717, 1.165) is 0 Å². The summed E-state index contributed by atoms with van der Waals surface area (Å²) in [4.78, 5) is 11.0. The zero-order valence-corrected chi connectivity index (χ0v) is 7.56. The molecular formula is C10H11NO3. The first-order valence-corrected chi connectivity index (χ1v) is 4.47. The highest BCUT2D eigenvalue weighted by molar-refractivity contribution is 5.76. The van der Waals surface area contributed by atoms with Gasteiger partial charge in [0.1, 0.15) is 18.4 Å². The number of hydrogen-bond acceptors (Lipinski definition) is 3. The summed E-state index contributed by atoms with van der Waals surface area (Å²) in [6, 6.07) is 6.55. The molecule has 1 aromatic rings. The largest absolute Gasteiger partial charge is 0.492 e. The van der Waals surface area contributed by atoms with Gasteiger partial charge in [-0.2, -0.15) is 0 Å². The van der Waals surface area contributed by atoms with E-state index in [-0.39, 0.29) is 0 Å². The molecule has 0 radical (unpaired) electrons. The van der Waals surface area contributed by atoms with Crippen LogP contribution in [0.25, 0.3) is 0 Å². The smallest absolute Gasteiger partial charge is 0.325 e. The summed E-state index contributed by atoms with van der Waals surface area (Å²) in [6.45, 7) is 1.05. The van der Waals surface area contributed by atoms with Crippen LogP contribution in [0.4, 0.5) is 0 Å². The van der Waals surface area contributed by atoms with E-state index in [1.165, 1.54) is 0 Å². The Morgan fingerprint density at radius 1 is 1.50 bits per heavy atom. The average Bonchev–Trinajstić information content (AvgIpc) is 2.39. The molecule has 0 unspecified atom stereocenters. The van der Waals surface area contributed by atoms with Gasteiger partial charge in [0, 0.05) is 12.1 Å². The second kappa shape index (κ2) is 3.67. The van der Waals surface area contributed by atoms with Crippen molar-refractivity contribution in [3.8, 4) is 5.75 Å². The van der Waals surface area contributed by atoms with Crippen LogP contribution < -0.4 is 10.1 Å². The number of carboxylic acid groups (broad SMARTS) is 1. The highest BCUT2D eigenvalue weighted by Crippen LogP contribution is 2.26. The van der Waals surface area contributed by atoms with Crippen molar-refractivity contribution in [1.82, 2.24) is 5.32 Å². The van der Waals surface area contributed by atoms with Crippen LogP contribution in [-0.2, 0) is 4.79 Å². The van der Waals surface area contributed by atoms with Gasteiger partial charge in [-0.1, -0.05) is 18.2 Å². The minimum absolute atomic E-state index is 0.501. The maximum atomic E-state index is 11.0. The Bertz CT molecular complexity index is 351. The van der Waals surface area contributed by atoms with Gasteiger partial charge in [-0.15, -0.1) is 0 Å². The van der Waals surface area contributed by atoms with Crippen molar-refractivity contribution < 1.29 is 14.6 Å². The lowest BCUT2D eigenvalue weighted by molar-refractivity contribution is -0.139. The van der Waals surface area contributed by atoms with Crippen molar-refractivity contribution in [3.05, 3.63) is 29.8 Å². The number of para-hydroxylation sites is 1. The van der Waals surface area contributed by atoms with Crippen molar-refractivity contribution >= 4 is 5.97 Å². The number of nitrogens with one attached hydrogen (secondary N) is 1. The number of carbonyl (C=O) groups is 1. The molecule has 1 heterocycles. The number of hydrogen-bond donors (Lipinski definition) is 2. The van der Waals surface area contributed by atoms with Gasteiger partial charge in [0.15, 0.2) is 0 Å². The topological polar surface area (TPSA) is 58.6 Å². The molecule has 1 aliphatic heterocycles. The fraction of sp³-hybridized carbons (Fsp3) is 0.300. The molecule has 0 fully saturated rings. The van der Waals surface area contributed by atoms with Crippen LogP contribution in [-0.4, -0.2) is 24.2 Å². The lowest BCUT2D eigenvalue weighted by Gasteiger charge is -2.11. The summed E-state index contributed by atoms with van der Waals surface area (Å²) < 4.78 is 5.40. The van der Waals surface area contributed by atoms with E-state index in [9.17, 15) is 4.79 Å². The molecule has 4 nitrogen and oxygen atoms in total. The number of carboxylic acids is 1. The lowest BCUT2D eigenvalue weighted by Crippen LogP contribution is -2.29. The van der Waals surface area contributed by atoms with Crippen LogP contribution in [0.1, 0.15) is 11.6 Å². The van der Waals surface area contributed by atoms with Crippen LogP contribution in [0.3, 0.4) is 0 Å². The van der Waals surface area contributed by atoms with E-state index < -0.39 is 12.0 Å². The molecule has 14 heavy (non-hydrogen) atoms. The second-order valence-corrected chi connectivity index (χ2v) is 3.11. The van der Waals surface area contributed by atoms with Crippen molar-refractivity contribution in [1.29, 1.82) is 0 Å². The third kappa shape index (κ3) is 1.56. The van der Waals surface area contributed by atoms with Crippen LogP contribution in [0.15, 0.2) is 24.3 Å². The van der Waals surface area contributed by atoms with Crippen LogP contribution >= 0.6 is 0 Å². The summed E-state index contributed by atoms with van der Waals surface area (Å²) in [5.41, 5.74) is 0.692. The summed E-state index contributed by atoms with van der Waals surface area (Å²) in [5.74, 6) is -0.215.